The highest BCUT2D eigenvalue weighted by atomic mass is 16.5. The summed E-state index contributed by atoms with van der Waals surface area (Å²) in [4.78, 5) is 31.4. The van der Waals surface area contributed by atoms with Crippen molar-refractivity contribution in [2.24, 2.45) is 5.92 Å². The molecule has 1 atom stereocenters. The van der Waals surface area contributed by atoms with Gasteiger partial charge in [0.25, 0.3) is 11.8 Å². The molecule has 0 aliphatic carbocycles. The van der Waals surface area contributed by atoms with E-state index in [4.69, 9.17) is 9.26 Å². The van der Waals surface area contributed by atoms with Crippen LogP contribution in [-0.2, 0) is 11.3 Å². The van der Waals surface area contributed by atoms with E-state index in [0.29, 0.717) is 29.4 Å². The zero-order valence-corrected chi connectivity index (χ0v) is 21.5. The molecule has 0 spiro atoms. The van der Waals surface area contributed by atoms with Crippen LogP contribution in [0, 0.1) is 5.92 Å². The third-order valence-corrected chi connectivity index (χ3v) is 5.63. The quantitative estimate of drug-likeness (QED) is 0.316. The second-order valence-corrected chi connectivity index (χ2v) is 9.43. The largest absolute Gasteiger partial charge is 0.484 e. The maximum absolute atomic E-state index is 12.9. The van der Waals surface area contributed by atoms with Gasteiger partial charge in [0, 0.05) is 17.2 Å². The third-order valence-electron chi connectivity index (χ3n) is 5.63. The van der Waals surface area contributed by atoms with Crippen LogP contribution in [0.4, 0.5) is 0 Å². The Morgan fingerprint density at radius 2 is 1.70 bits per heavy atom. The number of nitrogens with zero attached hydrogens (tertiary/aromatic N) is 3. The molecule has 1 heterocycles. The topological polar surface area (TPSA) is 138 Å². The first-order valence-corrected chi connectivity index (χ1v) is 12.2. The fourth-order valence-corrected chi connectivity index (χ4v) is 3.67. The standard InChI is InChI=1S/C27H34N4O6/c1-17(2)14-22(27(34)35)28-26(33)20-10-12-21(13-11-20)36-16-24(32)31(18(3)4)15-23-29-25(30-37-23)19-8-6-5-7-9-19/h5-13,17-18,22,27,34-35H,14-16H2,1-4H3,(H,28,33). The van der Waals surface area contributed by atoms with Gasteiger partial charge in [-0.25, -0.2) is 0 Å². The summed E-state index contributed by atoms with van der Waals surface area (Å²) >= 11 is 0. The van der Waals surface area contributed by atoms with Crippen LogP contribution >= 0.6 is 0 Å². The number of benzene rings is 2. The molecule has 0 saturated heterocycles. The molecule has 0 radical (unpaired) electrons. The van der Waals surface area contributed by atoms with Gasteiger partial charge in [0.05, 0.1) is 6.04 Å². The van der Waals surface area contributed by atoms with E-state index in [-0.39, 0.29) is 31.0 Å². The summed E-state index contributed by atoms with van der Waals surface area (Å²) in [7, 11) is 0. The van der Waals surface area contributed by atoms with E-state index in [0.717, 1.165) is 5.56 Å². The lowest BCUT2D eigenvalue weighted by molar-refractivity contribution is -0.136. The highest BCUT2D eigenvalue weighted by molar-refractivity contribution is 5.94. The van der Waals surface area contributed by atoms with E-state index in [1.165, 1.54) is 0 Å². The molecule has 0 saturated carbocycles. The highest BCUT2D eigenvalue weighted by Crippen LogP contribution is 2.17. The number of aromatic nitrogens is 2. The number of hydrogen-bond donors (Lipinski definition) is 3. The lowest BCUT2D eigenvalue weighted by Gasteiger charge is -2.25. The maximum atomic E-state index is 12.9. The number of amides is 2. The second-order valence-electron chi connectivity index (χ2n) is 9.43. The monoisotopic (exact) mass is 510 g/mol. The third kappa shape index (κ3) is 8.12. The lowest BCUT2D eigenvalue weighted by Crippen LogP contribution is -2.44. The summed E-state index contributed by atoms with van der Waals surface area (Å²) in [6.07, 6.45) is -1.23. The fourth-order valence-electron chi connectivity index (χ4n) is 3.67. The molecular weight excluding hydrogens is 476 g/mol. The number of aliphatic hydroxyl groups is 2. The van der Waals surface area contributed by atoms with E-state index in [1.807, 2.05) is 58.0 Å². The first-order chi connectivity index (χ1) is 17.6. The summed E-state index contributed by atoms with van der Waals surface area (Å²) in [5.74, 6) is 0.679. The molecule has 3 aromatic rings. The number of rotatable bonds is 12. The van der Waals surface area contributed by atoms with Crippen LogP contribution in [0.3, 0.4) is 0 Å². The Labute approximate surface area is 216 Å². The van der Waals surface area contributed by atoms with Gasteiger partial charge in [0.1, 0.15) is 12.3 Å². The van der Waals surface area contributed by atoms with Crippen molar-refractivity contribution < 1.29 is 29.1 Å². The molecule has 198 valence electrons. The summed E-state index contributed by atoms with van der Waals surface area (Å²) in [6, 6.07) is 14.8. The van der Waals surface area contributed by atoms with Crippen LogP contribution in [0.25, 0.3) is 11.4 Å². The van der Waals surface area contributed by atoms with Crippen molar-refractivity contribution in [3.63, 3.8) is 0 Å². The van der Waals surface area contributed by atoms with Gasteiger partial charge in [0.2, 0.25) is 11.7 Å². The molecule has 37 heavy (non-hydrogen) atoms. The first kappa shape index (κ1) is 27.8. The van der Waals surface area contributed by atoms with E-state index in [2.05, 4.69) is 15.5 Å². The van der Waals surface area contributed by atoms with E-state index >= 15 is 0 Å². The second kappa shape index (κ2) is 13.0. The summed E-state index contributed by atoms with van der Waals surface area (Å²) in [5.41, 5.74) is 1.16. The predicted octanol–water partition coefficient (Wildman–Crippen LogP) is 3.01. The molecule has 2 amide bonds. The van der Waals surface area contributed by atoms with Crippen molar-refractivity contribution in [3.8, 4) is 17.1 Å². The number of hydrogen-bond acceptors (Lipinski definition) is 8. The Bertz CT molecular complexity index is 1150. The van der Waals surface area contributed by atoms with Gasteiger partial charge in [-0.3, -0.25) is 9.59 Å². The molecule has 3 rings (SSSR count). The van der Waals surface area contributed by atoms with Gasteiger partial charge in [0.15, 0.2) is 12.9 Å². The van der Waals surface area contributed by atoms with Gasteiger partial charge in [-0.15, -0.1) is 0 Å². The normalized spacial score (nSPS) is 12.1. The smallest absolute Gasteiger partial charge is 0.261 e. The SMILES string of the molecule is CC(C)CC(NC(=O)c1ccc(OCC(=O)N(Cc2nc(-c3ccccc3)no2)C(C)C)cc1)C(O)O. The Hall–Kier alpha value is -3.76. The number of nitrogens with one attached hydrogen (secondary N) is 1. The molecule has 0 aliphatic heterocycles. The van der Waals surface area contributed by atoms with Gasteiger partial charge in [-0.05, 0) is 50.5 Å². The zero-order valence-electron chi connectivity index (χ0n) is 21.5. The van der Waals surface area contributed by atoms with E-state index in [9.17, 15) is 19.8 Å². The van der Waals surface area contributed by atoms with Crippen LogP contribution in [0.15, 0.2) is 59.1 Å². The molecule has 10 nitrogen and oxygen atoms in total. The Balaban J connectivity index is 1.56. The van der Waals surface area contributed by atoms with Crippen LogP contribution in [0.1, 0.15) is 50.4 Å². The summed E-state index contributed by atoms with van der Waals surface area (Å²) < 4.78 is 11.0. The van der Waals surface area contributed by atoms with Crippen LogP contribution in [0.2, 0.25) is 0 Å². The predicted molar refractivity (Wildman–Crippen MR) is 136 cm³/mol. The van der Waals surface area contributed by atoms with Crippen LogP contribution < -0.4 is 10.1 Å². The van der Waals surface area contributed by atoms with Gasteiger partial charge in [-0.2, -0.15) is 4.98 Å². The number of carbonyl (C=O) groups is 2. The molecule has 3 N–H and O–H groups in total. The minimum absolute atomic E-state index is 0.130. The summed E-state index contributed by atoms with van der Waals surface area (Å²) in [5, 5.41) is 25.7. The molecule has 1 unspecified atom stereocenters. The highest BCUT2D eigenvalue weighted by Gasteiger charge is 2.23. The molecule has 2 aromatic carbocycles. The molecule has 0 fully saturated rings. The Kier molecular flexibility index (Phi) is 9.76. The molecule has 0 bridgehead atoms. The maximum Gasteiger partial charge on any atom is 0.261 e. The van der Waals surface area contributed by atoms with Crippen molar-refractivity contribution in [2.75, 3.05) is 6.61 Å². The van der Waals surface area contributed by atoms with Crippen molar-refractivity contribution in [1.29, 1.82) is 0 Å². The average Bonchev–Trinajstić information content (AvgIpc) is 3.34. The molecule has 0 aliphatic rings. The van der Waals surface area contributed by atoms with Gasteiger partial charge in [-0.1, -0.05) is 49.3 Å². The number of aliphatic hydroxyl groups excluding tert-OH is 1. The molecular formula is C27H34N4O6. The van der Waals surface area contributed by atoms with Gasteiger partial charge >= 0.3 is 0 Å². The summed E-state index contributed by atoms with van der Waals surface area (Å²) in [6.45, 7) is 7.56. The van der Waals surface area contributed by atoms with E-state index < -0.39 is 18.2 Å². The van der Waals surface area contributed by atoms with Crippen molar-refractivity contribution >= 4 is 11.8 Å². The van der Waals surface area contributed by atoms with Crippen molar-refractivity contribution in [2.45, 2.75) is 59.0 Å². The van der Waals surface area contributed by atoms with E-state index in [1.54, 1.807) is 29.2 Å². The number of carbonyl (C=O) groups excluding carboxylic acids is 2. The first-order valence-electron chi connectivity index (χ1n) is 12.2. The van der Waals surface area contributed by atoms with Crippen molar-refractivity contribution in [1.82, 2.24) is 20.4 Å². The lowest BCUT2D eigenvalue weighted by atomic mass is 10.0. The van der Waals surface area contributed by atoms with Crippen molar-refractivity contribution in [3.05, 3.63) is 66.1 Å². The Morgan fingerprint density at radius 3 is 2.30 bits per heavy atom. The molecule has 1 aromatic heterocycles. The number of ether oxygens (including phenoxy) is 1. The van der Waals surface area contributed by atoms with Crippen LogP contribution in [-0.4, -0.2) is 62.0 Å². The zero-order chi connectivity index (χ0) is 26.9. The van der Waals surface area contributed by atoms with Gasteiger partial charge < -0.3 is 29.7 Å². The molecule has 10 heteroatoms. The minimum Gasteiger partial charge on any atom is -0.484 e. The fraction of sp³-hybridized carbons (Fsp3) is 0.407. The van der Waals surface area contributed by atoms with Crippen LogP contribution in [0.5, 0.6) is 5.75 Å². The Morgan fingerprint density at radius 1 is 1.03 bits per heavy atom. The average molecular weight is 511 g/mol. The minimum atomic E-state index is -1.65.